The van der Waals surface area contributed by atoms with Gasteiger partial charge < -0.3 is 15.0 Å². The summed E-state index contributed by atoms with van der Waals surface area (Å²) in [4.78, 5) is 30.8. The van der Waals surface area contributed by atoms with Crippen molar-refractivity contribution in [3.63, 3.8) is 0 Å². The molecule has 2 N–H and O–H groups in total. The summed E-state index contributed by atoms with van der Waals surface area (Å²) in [5, 5.41) is 3.41. The number of pyridine rings is 1. The first-order chi connectivity index (χ1) is 13.6. The Morgan fingerprint density at radius 3 is 2.79 bits per heavy atom. The second-order valence-corrected chi connectivity index (χ2v) is 7.07. The highest BCUT2D eigenvalue weighted by atomic mass is 16.5. The molecule has 0 aliphatic carbocycles. The number of aromatic amines is 1. The summed E-state index contributed by atoms with van der Waals surface area (Å²) < 4.78 is 5.39. The fourth-order valence-electron chi connectivity index (χ4n) is 3.45. The van der Waals surface area contributed by atoms with Crippen molar-refractivity contribution in [2.75, 3.05) is 31.6 Å². The molecular weight excluding hydrogens is 354 g/mol. The molecule has 0 radical (unpaired) electrons. The van der Waals surface area contributed by atoms with Gasteiger partial charge in [-0.2, -0.15) is 0 Å². The third-order valence-electron chi connectivity index (χ3n) is 5.09. The summed E-state index contributed by atoms with van der Waals surface area (Å²) in [6.45, 7) is 6.06. The molecule has 6 nitrogen and oxygen atoms in total. The summed E-state index contributed by atoms with van der Waals surface area (Å²) in [7, 11) is 0. The van der Waals surface area contributed by atoms with Crippen LogP contribution in [0.5, 0.6) is 0 Å². The number of aromatic nitrogens is 1. The Balaban J connectivity index is 1.56. The van der Waals surface area contributed by atoms with E-state index in [1.165, 1.54) is 6.20 Å². The average molecular weight is 377 g/mol. The highest BCUT2D eigenvalue weighted by Gasteiger charge is 2.15. The van der Waals surface area contributed by atoms with Gasteiger partial charge >= 0.3 is 0 Å². The van der Waals surface area contributed by atoms with Gasteiger partial charge in [0.05, 0.1) is 13.2 Å². The van der Waals surface area contributed by atoms with Crippen molar-refractivity contribution in [2.24, 2.45) is 0 Å². The Labute approximate surface area is 163 Å². The zero-order chi connectivity index (χ0) is 19.5. The molecular formula is C22H23N3O3. The SMILES string of the molecule is Cc1ccc(CN2CCOCC2)cc1NC(=O)c1c[nH]c2ccccc2c1=O. The molecule has 0 bridgehead atoms. The van der Waals surface area contributed by atoms with Crippen LogP contribution in [0.4, 0.5) is 5.69 Å². The fourth-order valence-corrected chi connectivity index (χ4v) is 3.45. The number of H-pyrrole nitrogens is 1. The summed E-state index contributed by atoms with van der Waals surface area (Å²) in [6, 6.07) is 13.2. The van der Waals surface area contributed by atoms with E-state index < -0.39 is 5.91 Å². The summed E-state index contributed by atoms with van der Waals surface area (Å²) >= 11 is 0. The van der Waals surface area contributed by atoms with E-state index in [4.69, 9.17) is 4.74 Å². The summed E-state index contributed by atoms with van der Waals surface area (Å²) in [5.74, 6) is -0.404. The summed E-state index contributed by atoms with van der Waals surface area (Å²) in [5.41, 5.74) is 3.35. The molecule has 28 heavy (non-hydrogen) atoms. The molecule has 2 heterocycles. The van der Waals surface area contributed by atoms with E-state index in [-0.39, 0.29) is 11.0 Å². The van der Waals surface area contributed by atoms with E-state index in [0.717, 1.165) is 49.7 Å². The van der Waals surface area contributed by atoms with Crippen LogP contribution in [0.3, 0.4) is 0 Å². The first-order valence-electron chi connectivity index (χ1n) is 9.43. The number of anilines is 1. The van der Waals surface area contributed by atoms with E-state index in [9.17, 15) is 9.59 Å². The standard InChI is InChI=1S/C22H23N3O3/c1-15-6-7-16(14-25-8-10-28-11-9-25)12-20(15)24-22(27)18-13-23-19-5-3-2-4-17(19)21(18)26/h2-7,12-13H,8-11,14H2,1H3,(H,23,26)(H,24,27). The van der Waals surface area contributed by atoms with Crippen LogP contribution in [0.1, 0.15) is 21.5 Å². The van der Waals surface area contributed by atoms with Crippen molar-refractivity contribution in [1.82, 2.24) is 9.88 Å². The Bertz CT molecular complexity index is 1070. The average Bonchev–Trinajstić information content (AvgIpc) is 2.71. The van der Waals surface area contributed by atoms with Crippen LogP contribution in [0.25, 0.3) is 10.9 Å². The van der Waals surface area contributed by atoms with Crippen molar-refractivity contribution < 1.29 is 9.53 Å². The number of para-hydroxylation sites is 1. The predicted octanol–water partition coefficient (Wildman–Crippen LogP) is 2.92. The van der Waals surface area contributed by atoms with Gasteiger partial charge in [0.1, 0.15) is 5.56 Å². The summed E-state index contributed by atoms with van der Waals surface area (Å²) in [6.07, 6.45) is 1.48. The van der Waals surface area contributed by atoms with Gasteiger partial charge in [0.15, 0.2) is 0 Å². The van der Waals surface area contributed by atoms with Crippen molar-refractivity contribution in [2.45, 2.75) is 13.5 Å². The number of amides is 1. The Kier molecular flexibility index (Phi) is 5.23. The molecule has 6 heteroatoms. The van der Waals surface area contributed by atoms with Gasteiger partial charge in [0.2, 0.25) is 5.43 Å². The lowest BCUT2D eigenvalue weighted by Crippen LogP contribution is -2.35. The van der Waals surface area contributed by atoms with E-state index in [1.807, 2.05) is 31.2 Å². The molecule has 0 unspecified atom stereocenters. The molecule has 2 aromatic carbocycles. The maximum atomic E-state index is 12.8. The molecule has 4 rings (SSSR count). The monoisotopic (exact) mass is 377 g/mol. The van der Waals surface area contributed by atoms with Crippen molar-refractivity contribution in [1.29, 1.82) is 0 Å². The minimum Gasteiger partial charge on any atom is -0.379 e. The molecule has 1 fully saturated rings. The quantitative estimate of drug-likeness (QED) is 0.733. The number of benzene rings is 2. The smallest absolute Gasteiger partial charge is 0.261 e. The molecule has 0 spiro atoms. The van der Waals surface area contributed by atoms with Crippen molar-refractivity contribution >= 4 is 22.5 Å². The number of rotatable bonds is 4. The normalized spacial score (nSPS) is 14.9. The lowest BCUT2D eigenvalue weighted by atomic mass is 10.1. The third-order valence-corrected chi connectivity index (χ3v) is 5.09. The maximum Gasteiger partial charge on any atom is 0.261 e. The number of carbonyl (C=O) groups excluding carboxylic acids is 1. The van der Waals surface area contributed by atoms with Gasteiger partial charge in [-0.1, -0.05) is 24.3 Å². The largest absolute Gasteiger partial charge is 0.379 e. The number of ether oxygens (including phenoxy) is 1. The molecule has 0 atom stereocenters. The zero-order valence-electron chi connectivity index (χ0n) is 15.8. The first kappa shape index (κ1) is 18.4. The second kappa shape index (κ2) is 7.96. The minimum absolute atomic E-state index is 0.108. The van der Waals surface area contributed by atoms with Crippen LogP contribution >= 0.6 is 0 Å². The van der Waals surface area contributed by atoms with E-state index in [2.05, 4.69) is 21.3 Å². The van der Waals surface area contributed by atoms with E-state index >= 15 is 0 Å². The number of carbonyl (C=O) groups is 1. The van der Waals surface area contributed by atoms with Crippen LogP contribution in [0.2, 0.25) is 0 Å². The molecule has 3 aromatic rings. The zero-order valence-corrected chi connectivity index (χ0v) is 15.8. The Morgan fingerprint density at radius 1 is 1.18 bits per heavy atom. The molecule has 144 valence electrons. The van der Waals surface area contributed by atoms with Gasteiger partial charge in [-0.15, -0.1) is 0 Å². The van der Waals surface area contributed by atoms with Gasteiger partial charge in [-0.3, -0.25) is 14.5 Å². The number of hydrogen-bond acceptors (Lipinski definition) is 4. The van der Waals surface area contributed by atoms with Crippen LogP contribution in [-0.2, 0) is 11.3 Å². The van der Waals surface area contributed by atoms with Crippen LogP contribution in [0.15, 0.2) is 53.5 Å². The molecule has 0 saturated carbocycles. The minimum atomic E-state index is -0.404. The Morgan fingerprint density at radius 2 is 1.96 bits per heavy atom. The highest BCUT2D eigenvalue weighted by molar-refractivity contribution is 6.06. The number of nitrogens with zero attached hydrogens (tertiary/aromatic N) is 1. The Hall–Kier alpha value is -2.96. The number of aryl methyl sites for hydroxylation is 1. The maximum absolute atomic E-state index is 12.8. The third kappa shape index (κ3) is 3.83. The van der Waals surface area contributed by atoms with Gasteiger partial charge in [0.25, 0.3) is 5.91 Å². The lowest BCUT2D eigenvalue weighted by molar-refractivity contribution is 0.0342. The highest BCUT2D eigenvalue weighted by Crippen LogP contribution is 2.19. The van der Waals surface area contributed by atoms with Crippen molar-refractivity contribution in [3.8, 4) is 0 Å². The van der Waals surface area contributed by atoms with E-state index in [1.54, 1.807) is 12.1 Å². The van der Waals surface area contributed by atoms with Crippen LogP contribution in [-0.4, -0.2) is 42.1 Å². The first-order valence-corrected chi connectivity index (χ1v) is 9.43. The number of morpholine rings is 1. The number of nitrogens with one attached hydrogen (secondary N) is 2. The molecule has 1 aliphatic heterocycles. The van der Waals surface area contributed by atoms with Crippen molar-refractivity contribution in [3.05, 3.63) is 75.6 Å². The topological polar surface area (TPSA) is 74.4 Å². The predicted molar refractivity (Wildman–Crippen MR) is 110 cm³/mol. The van der Waals surface area contributed by atoms with Crippen LogP contribution < -0.4 is 10.7 Å². The van der Waals surface area contributed by atoms with Gasteiger partial charge in [-0.25, -0.2) is 0 Å². The second-order valence-electron chi connectivity index (χ2n) is 7.07. The fraction of sp³-hybridized carbons (Fsp3) is 0.273. The van der Waals surface area contributed by atoms with E-state index in [0.29, 0.717) is 10.9 Å². The van der Waals surface area contributed by atoms with Gasteiger partial charge in [0, 0.05) is 42.4 Å². The molecule has 1 aromatic heterocycles. The van der Waals surface area contributed by atoms with Gasteiger partial charge in [-0.05, 0) is 36.2 Å². The number of hydrogen-bond donors (Lipinski definition) is 2. The van der Waals surface area contributed by atoms with Crippen LogP contribution in [0, 0.1) is 6.92 Å². The lowest BCUT2D eigenvalue weighted by Gasteiger charge is -2.26. The molecule has 1 amide bonds. The number of fused-ring (bicyclic) bond motifs is 1. The molecule has 1 saturated heterocycles. The molecule has 1 aliphatic rings.